The summed E-state index contributed by atoms with van der Waals surface area (Å²) < 4.78 is 0. The lowest BCUT2D eigenvalue weighted by molar-refractivity contribution is -0.123. The fraction of sp³-hybridized carbons (Fsp3) is 0.333. The molecule has 2 rings (SSSR count). The first-order valence-corrected chi connectivity index (χ1v) is 5.52. The zero-order valence-corrected chi connectivity index (χ0v) is 9.70. The Bertz CT molecular complexity index is 444. The second-order valence-corrected chi connectivity index (χ2v) is 4.43. The maximum absolute atomic E-state index is 11.7. The van der Waals surface area contributed by atoms with Gasteiger partial charge in [-0.15, -0.1) is 0 Å². The molecular formula is C12H12ClNO2. The van der Waals surface area contributed by atoms with Crippen molar-refractivity contribution in [2.45, 2.75) is 13.3 Å². The van der Waals surface area contributed by atoms with E-state index in [4.69, 9.17) is 11.6 Å². The maximum Gasteiger partial charge on any atom is 0.227 e. The molecule has 3 nitrogen and oxygen atoms in total. The van der Waals surface area contributed by atoms with Gasteiger partial charge in [0.2, 0.25) is 5.91 Å². The molecule has 1 aromatic rings. The Morgan fingerprint density at radius 2 is 2.25 bits per heavy atom. The Balaban J connectivity index is 2.23. The molecule has 1 aliphatic rings. The van der Waals surface area contributed by atoms with Crippen LogP contribution in [-0.4, -0.2) is 18.2 Å². The molecule has 1 saturated heterocycles. The van der Waals surface area contributed by atoms with E-state index in [1.165, 1.54) is 6.92 Å². The van der Waals surface area contributed by atoms with Gasteiger partial charge in [0.05, 0.1) is 0 Å². The molecule has 0 bridgehead atoms. The van der Waals surface area contributed by atoms with Crippen LogP contribution in [-0.2, 0) is 9.59 Å². The number of rotatable bonds is 2. The van der Waals surface area contributed by atoms with Crippen LogP contribution < -0.4 is 4.90 Å². The molecule has 1 atom stereocenters. The Hall–Kier alpha value is -1.35. The molecule has 1 aliphatic heterocycles. The number of hydrogen-bond donors (Lipinski definition) is 0. The zero-order valence-electron chi connectivity index (χ0n) is 8.94. The number of ketones is 1. The van der Waals surface area contributed by atoms with Crippen molar-refractivity contribution in [3.8, 4) is 0 Å². The molecule has 1 aromatic carbocycles. The summed E-state index contributed by atoms with van der Waals surface area (Å²) in [5.41, 5.74) is 0.765. The van der Waals surface area contributed by atoms with Crippen molar-refractivity contribution in [3.63, 3.8) is 0 Å². The highest BCUT2D eigenvalue weighted by Gasteiger charge is 2.33. The van der Waals surface area contributed by atoms with Gasteiger partial charge in [-0.2, -0.15) is 0 Å². The molecule has 0 spiro atoms. The molecule has 84 valence electrons. The van der Waals surface area contributed by atoms with Crippen molar-refractivity contribution in [1.82, 2.24) is 0 Å². The van der Waals surface area contributed by atoms with Crippen LogP contribution >= 0.6 is 11.6 Å². The molecule has 0 radical (unpaired) electrons. The van der Waals surface area contributed by atoms with E-state index in [2.05, 4.69) is 0 Å². The van der Waals surface area contributed by atoms with Gasteiger partial charge in [-0.3, -0.25) is 9.59 Å². The molecule has 1 amide bonds. The Morgan fingerprint density at radius 3 is 2.81 bits per heavy atom. The van der Waals surface area contributed by atoms with Gasteiger partial charge in [0.25, 0.3) is 0 Å². The molecule has 0 N–H and O–H groups in total. The lowest BCUT2D eigenvalue weighted by Crippen LogP contribution is -2.25. The zero-order chi connectivity index (χ0) is 11.7. The van der Waals surface area contributed by atoms with Gasteiger partial charge < -0.3 is 4.90 Å². The van der Waals surface area contributed by atoms with Crippen LogP contribution in [0.3, 0.4) is 0 Å². The number of halogens is 1. The van der Waals surface area contributed by atoms with Gasteiger partial charge in [-0.05, 0) is 25.1 Å². The van der Waals surface area contributed by atoms with Crippen LogP contribution in [0.2, 0.25) is 5.02 Å². The number of carbonyl (C=O) groups excluding carboxylic acids is 2. The van der Waals surface area contributed by atoms with Crippen LogP contribution in [0.25, 0.3) is 0 Å². The van der Waals surface area contributed by atoms with E-state index >= 15 is 0 Å². The smallest absolute Gasteiger partial charge is 0.227 e. The number of Topliss-reactive ketones (excluding diaryl/α,β-unsaturated/α-hetero) is 1. The number of carbonyl (C=O) groups is 2. The first kappa shape index (κ1) is 11.1. The Labute approximate surface area is 99.0 Å². The predicted octanol–water partition coefficient (Wildman–Crippen LogP) is 2.28. The monoisotopic (exact) mass is 237 g/mol. The minimum atomic E-state index is -0.175. The van der Waals surface area contributed by atoms with Crippen LogP contribution in [0.15, 0.2) is 24.3 Å². The summed E-state index contributed by atoms with van der Waals surface area (Å²) in [5.74, 6) is -0.119. The minimum Gasteiger partial charge on any atom is -0.312 e. The van der Waals surface area contributed by atoms with Crippen LogP contribution in [0.5, 0.6) is 0 Å². The molecule has 16 heavy (non-hydrogen) atoms. The van der Waals surface area contributed by atoms with Gasteiger partial charge in [-0.1, -0.05) is 17.7 Å². The standard InChI is InChI=1S/C12H12ClNO2/c1-8(15)9-5-12(16)14(7-9)11-4-2-3-10(13)6-11/h2-4,6,9H,5,7H2,1H3. The summed E-state index contributed by atoms with van der Waals surface area (Å²) in [4.78, 5) is 24.6. The van der Waals surface area contributed by atoms with Crippen molar-refractivity contribution in [2.75, 3.05) is 11.4 Å². The van der Waals surface area contributed by atoms with E-state index in [-0.39, 0.29) is 17.6 Å². The average molecular weight is 238 g/mol. The van der Waals surface area contributed by atoms with Crippen LogP contribution in [0, 0.1) is 5.92 Å². The second-order valence-electron chi connectivity index (χ2n) is 4.00. The minimum absolute atomic E-state index is 0.0116. The summed E-state index contributed by atoms with van der Waals surface area (Å²) in [6.07, 6.45) is 0.307. The molecule has 0 saturated carbocycles. The molecule has 1 heterocycles. The first-order chi connectivity index (χ1) is 7.58. The molecule has 0 aromatic heterocycles. The normalized spacial score (nSPS) is 20.2. The number of hydrogen-bond acceptors (Lipinski definition) is 2. The SMILES string of the molecule is CC(=O)C1CC(=O)N(c2cccc(Cl)c2)C1. The van der Waals surface area contributed by atoms with E-state index in [0.717, 1.165) is 5.69 Å². The molecule has 1 fully saturated rings. The van der Waals surface area contributed by atoms with Crippen LogP contribution in [0.1, 0.15) is 13.3 Å². The summed E-state index contributed by atoms with van der Waals surface area (Å²) in [5, 5.41) is 0.594. The number of nitrogens with zero attached hydrogens (tertiary/aromatic N) is 1. The van der Waals surface area contributed by atoms with E-state index in [1.807, 2.05) is 6.07 Å². The number of anilines is 1. The van der Waals surface area contributed by atoms with Gasteiger partial charge in [0, 0.05) is 29.6 Å². The van der Waals surface area contributed by atoms with E-state index in [9.17, 15) is 9.59 Å². The Morgan fingerprint density at radius 1 is 1.50 bits per heavy atom. The second kappa shape index (κ2) is 4.26. The van der Waals surface area contributed by atoms with Crippen molar-refractivity contribution in [1.29, 1.82) is 0 Å². The fourth-order valence-corrected chi connectivity index (χ4v) is 2.06. The third kappa shape index (κ3) is 2.09. The lowest BCUT2D eigenvalue weighted by atomic mass is 10.1. The molecular weight excluding hydrogens is 226 g/mol. The van der Waals surface area contributed by atoms with E-state index in [1.54, 1.807) is 23.1 Å². The topological polar surface area (TPSA) is 37.4 Å². The van der Waals surface area contributed by atoms with Gasteiger partial charge in [-0.25, -0.2) is 0 Å². The van der Waals surface area contributed by atoms with Crippen molar-refractivity contribution in [3.05, 3.63) is 29.3 Å². The van der Waals surface area contributed by atoms with Crippen molar-refractivity contribution < 1.29 is 9.59 Å². The van der Waals surface area contributed by atoms with Gasteiger partial charge >= 0.3 is 0 Å². The highest BCUT2D eigenvalue weighted by Crippen LogP contribution is 2.27. The highest BCUT2D eigenvalue weighted by atomic mass is 35.5. The summed E-state index contributed by atoms with van der Waals surface area (Å²) in [7, 11) is 0. The van der Waals surface area contributed by atoms with Gasteiger partial charge in [0.1, 0.15) is 5.78 Å². The summed E-state index contributed by atoms with van der Waals surface area (Å²) in [6.45, 7) is 1.99. The molecule has 0 aliphatic carbocycles. The third-order valence-corrected chi connectivity index (χ3v) is 3.05. The van der Waals surface area contributed by atoms with E-state index in [0.29, 0.717) is 18.0 Å². The molecule has 4 heteroatoms. The molecule has 1 unspecified atom stereocenters. The lowest BCUT2D eigenvalue weighted by Gasteiger charge is -2.16. The maximum atomic E-state index is 11.7. The van der Waals surface area contributed by atoms with Gasteiger partial charge in [0.15, 0.2) is 0 Å². The largest absolute Gasteiger partial charge is 0.312 e. The van der Waals surface area contributed by atoms with E-state index < -0.39 is 0 Å². The average Bonchev–Trinajstić information content (AvgIpc) is 2.60. The summed E-state index contributed by atoms with van der Waals surface area (Å²) in [6, 6.07) is 7.12. The fourth-order valence-electron chi connectivity index (χ4n) is 1.87. The number of benzene rings is 1. The number of amides is 1. The van der Waals surface area contributed by atoms with Crippen molar-refractivity contribution >= 4 is 29.0 Å². The van der Waals surface area contributed by atoms with Crippen molar-refractivity contribution in [2.24, 2.45) is 5.92 Å². The summed E-state index contributed by atoms with van der Waals surface area (Å²) >= 11 is 5.87. The first-order valence-electron chi connectivity index (χ1n) is 5.14. The third-order valence-electron chi connectivity index (χ3n) is 2.82. The highest BCUT2D eigenvalue weighted by molar-refractivity contribution is 6.30. The predicted molar refractivity (Wildman–Crippen MR) is 62.6 cm³/mol. The quantitative estimate of drug-likeness (QED) is 0.792. The van der Waals surface area contributed by atoms with Crippen LogP contribution in [0.4, 0.5) is 5.69 Å². The Kier molecular flexibility index (Phi) is 2.97.